The van der Waals surface area contributed by atoms with E-state index in [4.69, 9.17) is 0 Å². The van der Waals surface area contributed by atoms with Crippen LogP contribution in [-0.2, 0) is 0 Å². The van der Waals surface area contributed by atoms with E-state index in [1.54, 1.807) is 25.1 Å². The van der Waals surface area contributed by atoms with Gasteiger partial charge in [-0.25, -0.2) is 0 Å². The van der Waals surface area contributed by atoms with Crippen molar-refractivity contribution in [3.05, 3.63) is 29.3 Å². The Balaban J connectivity index is 2.09. The van der Waals surface area contributed by atoms with E-state index >= 15 is 0 Å². The zero-order valence-electron chi connectivity index (χ0n) is 13.5. The molecule has 0 saturated heterocycles. The molecule has 3 nitrogen and oxygen atoms in total. The predicted molar refractivity (Wildman–Crippen MR) is 87.8 cm³/mol. The van der Waals surface area contributed by atoms with Crippen molar-refractivity contribution in [3.8, 4) is 5.75 Å². The molecule has 1 rings (SSSR count). The maximum Gasteiger partial charge on any atom is 0.251 e. The van der Waals surface area contributed by atoms with Crippen LogP contribution in [-0.4, -0.2) is 17.6 Å². The van der Waals surface area contributed by atoms with Crippen LogP contribution in [0.3, 0.4) is 0 Å². The quantitative estimate of drug-likeness (QED) is 0.620. The molecule has 0 fully saturated rings. The minimum absolute atomic E-state index is 0.0546. The Hall–Kier alpha value is -1.51. The highest BCUT2D eigenvalue weighted by molar-refractivity contribution is 5.94. The number of aryl methyl sites for hydroxylation is 1. The molecule has 1 amide bonds. The van der Waals surface area contributed by atoms with Gasteiger partial charge in [0.2, 0.25) is 0 Å². The van der Waals surface area contributed by atoms with Gasteiger partial charge in [-0.05, 0) is 37.1 Å². The number of benzene rings is 1. The van der Waals surface area contributed by atoms with Crippen molar-refractivity contribution in [1.82, 2.24) is 5.32 Å². The second-order valence-electron chi connectivity index (χ2n) is 5.73. The van der Waals surface area contributed by atoms with E-state index in [0.717, 1.165) is 18.5 Å². The molecular weight excluding hydrogens is 262 g/mol. The maximum atomic E-state index is 11.9. The largest absolute Gasteiger partial charge is 0.508 e. The SMILES string of the molecule is CCCCCCCCCCNC(=O)c1ccc(O)c(C)c1. The van der Waals surface area contributed by atoms with Gasteiger partial charge in [-0.1, -0.05) is 51.9 Å². The first kappa shape index (κ1) is 17.5. The zero-order valence-corrected chi connectivity index (χ0v) is 13.5. The third-order valence-electron chi connectivity index (χ3n) is 3.77. The molecule has 0 aliphatic heterocycles. The molecule has 1 aromatic rings. The zero-order chi connectivity index (χ0) is 15.5. The minimum atomic E-state index is -0.0546. The molecule has 0 aromatic heterocycles. The van der Waals surface area contributed by atoms with Crippen LogP contribution in [0.1, 0.15) is 74.2 Å². The number of carbonyl (C=O) groups is 1. The number of aromatic hydroxyl groups is 1. The molecule has 3 heteroatoms. The van der Waals surface area contributed by atoms with Crippen molar-refractivity contribution in [3.63, 3.8) is 0 Å². The van der Waals surface area contributed by atoms with Crippen LogP contribution in [0.5, 0.6) is 5.75 Å². The molecule has 2 N–H and O–H groups in total. The number of phenols is 1. The van der Waals surface area contributed by atoms with Gasteiger partial charge in [-0.15, -0.1) is 0 Å². The smallest absolute Gasteiger partial charge is 0.251 e. The average molecular weight is 291 g/mol. The first-order valence-corrected chi connectivity index (χ1v) is 8.23. The fourth-order valence-corrected chi connectivity index (χ4v) is 2.36. The maximum absolute atomic E-state index is 11.9. The standard InChI is InChI=1S/C18H29NO2/c1-3-4-5-6-7-8-9-10-13-19-18(21)16-11-12-17(20)15(2)14-16/h11-12,14,20H,3-10,13H2,1-2H3,(H,19,21). The van der Waals surface area contributed by atoms with Gasteiger partial charge in [0.05, 0.1) is 0 Å². The summed E-state index contributed by atoms with van der Waals surface area (Å²) < 4.78 is 0. The van der Waals surface area contributed by atoms with Gasteiger partial charge >= 0.3 is 0 Å². The Morgan fingerprint density at radius 2 is 1.67 bits per heavy atom. The van der Waals surface area contributed by atoms with E-state index in [9.17, 15) is 9.90 Å². The summed E-state index contributed by atoms with van der Waals surface area (Å²) in [5.74, 6) is 0.177. The molecule has 21 heavy (non-hydrogen) atoms. The molecule has 0 aliphatic carbocycles. The number of unbranched alkanes of at least 4 members (excludes halogenated alkanes) is 7. The number of rotatable bonds is 10. The Morgan fingerprint density at radius 3 is 2.29 bits per heavy atom. The fraction of sp³-hybridized carbons (Fsp3) is 0.611. The second-order valence-corrected chi connectivity index (χ2v) is 5.73. The van der Waals surface area contributed by atoms with E-state index in [0.29, 0.717) is 5.56 Å². The van der Waals surface area contributed by atoms with Crippen molar-refractivity contribution in [2.75, 3.05) is 6.54 Å². The molecule has 0 saturated carbocycles. The van der Waals surface area contributed by atoms with Gasteiger partial charge in [0.15, 0.2) is 0 Å². The first-order chi connectivity index (χ1) is 10.1. The lowest BCUT2D eigenvalue weighted by Crippen LogP contribution is -2.24. The number of phenolic OH excluding ortho intramolecular Hbond substituents is 1. The second kappa shape index (κ2) is 10.3. The van der Waals surface area contributed by atoms with E-state index in [1.807, 2.05) is 0 Å². The monoisotopic (exact) mass is 291 g/mol. The number of amides is 1. The van der Waals surface area contributed by atoms with Crippen LogP contribution in [0, 0.1) is 6.92 Å². The fourth-order valence-electron chi connectivity index (χ4n) is 2.36. The Bertz CT molecular complexity index is 429. The summed E-state index contributed by atoms with van der Waals surface area (Å²) >= 11 is 0. The molecule has 1 aromatic carbocycles. The third kappa shape index (κ3) is 7.16. The Labute approximate surface area is 128 Å². The highest BCUT2D eigenvalue weighted by Gasteiger charge is 2.06. The van der Waals surface area contributed by atoms with Gasteiger partial charge in [0.1, 0.15) is 5.75 Å². The molecule has 0 unspecified atom stereocenters. The lowest BCUT2D eigenvalue weighted by Gasteiger charge is -2.07. The first-order valence-electron chi connectivity index (χ1n) is 8.23. The van der Waals surface area contributed by atoms with Crippen LogP contribution in [0.15, 0.2) is 18.2 Å². The third-order valence-corrected chi connectivity index (χ3v) is 3.77. The summed E-state index contributed by atoms with van der Waals surface area (Å²) in [5, 5.41) is 12.4. The summed E-state index contributed by atoms with van der Waals surface area (Å²) in [6.45, 7) is 4.76. The Kier molecular flexibility index (Phi) is 8.56. The summed E-state index contributed by atoms with van der Waals surface area (Å²) in [7, 11) is 0. The van der Waals surface area contributed by atoms with Gasteiger partial charge in [0, 0.05) is 12.1 Å². The minimum Gasteiger partial charge on any atom is -0.508 e. The number of hydrogen-bond acceptors (Lipinski definition) is 2. The highest BCUT2D eigenvalue weighted by atomic mass is 16.3. The molecule has 0 bridgehead atoms. The Morgan fingerprint density at radius 1 is 1.05 bits per heavy atom. The van der Waals surface area contributed by atoms with Crippen LogP contribution in [0.4, 0.5) is 0 Å². The normalized spacial score (nSPS) is 10.6. The molecular formula is C18H29NO2. The van der Waals surface area contributed by atoms with Gasteiger partial charge in [0.25, 0.3) is 5.91 Å². The van der Waals surface area contributed by atoms with Crippen LogP contribution in [0.25, 0.3) is 0 Å². The van der Waals surface area contributed by atoms with Crippen molar-refractivity contribution < 1.29 is 9.90 Å². The average Bonchev–Trinajstić information content (AvgIpc) is 2.48. The summed E-state index contributed by atoms with van der Waals surface area (Å²) in [6.07, 6.45) is 10.1. The van der Waals surface area contributed by atoms with E-state index in [1.165, 1.54) is 44.9 Å². The van der Waals surface area contributed by atoms with E-state index in [2.05, 4.69) is 12.2 Å². The van der Waals surface area contributed by atoms with Crippen molar-refractivity contribution in [2.24, 2.45) is 0 Å². The van der Waals surface area contributed by atoms with Crippen LogP contribution < -0.4 is 5.32 Å². The molecule has 0 atom stereocenters. The summed E-state index contributed by atoms with van der Waals surface area (Å²) in [4.78, 5) is 11.9. The van der Waals surface area contributed by atoms with Crippen LogP contribution >= 0.6 is 0 Å². The lowest BCUT2D eigenvalue weighted by atomic mass is 10.1. The molecule has 0 aliphatic rings. The predicted octanol–water partition coefficient (Wildman–Crippen LogP) is 4.57. The van der Waals surface area contributed by atoms with E-state index in [-0.39, 0.29) is 11.7 Å². The van der Waals surface area contributed by atoms with Crippen molar-refractivity contribution in [1.29, 1.82) is 0 Å². The topological polar surface area (TPSA) is 49.3 Å². The molecule has 0 spiro atoms. The van der Waals surface area contributed by atoms with Gasteiger partial charge in [-0.3, -0.25) is 4.79 Å². The number of nitrogens with one attached hydrogen (secondary N) is 1. The molecule has 0 heterocycles. The number of hydrogen-bond donors (Lipinski definition) is 2. The summed E-state index contributed by atoms with van der Waals surface area (Å²) in [5.41, 5.74) is 1.35. The van der Waals surface area contributed by atoms with Crippen molar-refractivity contribution >= 4 is 5.91 Å². The highest BCUT2D eigenvalue weighted by Crippen LogP contribution is 2.16. The van der Waals surface area contributed by atoms with Crippen LogP contribution in [0.2, 0.25) is 0 Å². The lowest BCUT2D eigenvalue weighted by molar-refractivity contribution is 0.0953. The molecule has 118 valence electrons. The van der Waals surface area contributed by atoms with E-state index < -0.39 is 0 Å². The van der Waals surface area contributed by atoms with Gasteiger partial charge in [-0.2, -0.15) is 0 Å². The number of carbonyl (C=O) groups excluding carboxylic acids is 1. The van der Waals surface area contributed by atoms with Crippen molar-refractivity contribution in [2.45, 2.75) is 65.2 Å². The molecule has 0 radical (unpaired) electrons. The summed E-state index contributed by atoms with van der Waals surface area (Å²) in [6, 6.07) is 4.95. The van der Waals surface area contributed by atoms with Gasteiger partial charge < -0.3 is 10.4 Å².